The van der Waals surface area contributed by atoms with Crippen molar-refractivity contribution in [2.45, 2.75) is 31.7 Å². The number of nitrogen functional groups attached to an aromatic ring is 1. The zero-order chi connectivity index (χ0) is 13.2. The van der Waals surface area contributed by atoms with Gasteiger partial charge in [0.05, 0.1) is 5.02 Å². The molecule has 0 bridgehead atoms. The Labute approximate surface area is 107 Å². The van der Waals surface area contributed by atoms with Crippen molar-refractivity contribution in [2.24, 2.45) is 5.92 Å². The first-order chi connectivity index (χ1) is 7.74. The SMILES string of the molecule is CC(C)C(C)NS(=O)(=O)c1cc(N)ccc1Cl. The minimum Gasteiger partial charge on any atom is -0.399 e. The van der Waals surface area contributed by atoms with Gasteiger partial charge in [-0.05, 0) is 31.0 Å². The molecule has 96 valence electrons. The quantitative estimate of drug-likeness (QED) is 0.829. The molecule has 0 aliphatic rings. The van der Waals surface area contributed by atoms with Gasteiger partial charge in [-0.15, -0.1) is 0 Å². The molecular weight excluding hydrogens is 260 g/mol. The molecule has 0 saturated heterocycles. The molecule has 1 atom stereocenters. The highest BCUT2D eigenvalue weighted by Crippen LogP contribution is 2.24. The molecule has 0 radical (unpaired) electrons. The van der Waals surface area contributed by atoms with Crippen LogP contribution in [0.3, 0.4) is 0 Å². The van der Waals surface area contributed by atoms with Crippen LogP contribution in [-0.2, 0) is 10.0 Å². The van der Waals surface area contributed by atoms with E-state index in [1.807, 2.05) is 20.8 Å². The van der Waals surface area contributed by atoms with Crippen molar-refractivity contribution in [3.05, 3.63) is 23.2 Å². The molecule has 0 spiro atoms. The second-order valence-electron chi connectivity index (χ2n) is 4.34. The fraction of sp³-hybridized carbons (Fsp3) is 0.455. The van der Waals surface area contributed by atoms with Crippen LogP contribution in [0.15, 0.2) is 23.1 Å². The normalized spacial score (nSPS) is 13.9. The average molecular weight is 277 g/mol. The van der Waals surface area contributed by atoms with Crippen molar-refractivity contribution in [2.75, 3.05) is 5.73 Å². The van der Waals surface area contributed by atoms with Crippen molar-refractivity contribution in [1.82, 2.24) is 4.72 Å². The van der Waals surface area contributed by atoms with Gasteiger partial charge in [0.1, 0.15) is 4.90 Å². The smallest absolute Gasteiger partial charge is 0.242 e. The lowest BCUT2D eigenvalue weighted by Gasteiger charge is -2.18. The van der Waals surface area contributed by atoms with E-state index in [0.717, 1.165) is 0 Å². The summed E-state index contributed by atoms with van der Waals surface area (Å²) in [5.41, 5.74) is 5.93. The van der Waals surface area contributed by atoms with Gasteiger partial charge >= 0.3 is 0 Å². The first-order valence-electron chi connectivity index (χ1n) is 5.31. The van der Waals surface area contributed by atoms with Crippen LogP contribution in [0.2, 0.25) is 5.02 Å². The third-order valence-corrected chi connectivity index (χ3v) is 4.63. The lowest BCUT2D eigenvalue weighted by molar-refractivity contribution is 0.476. The highest BCUT2D eigenvalue weighted by molar-refractivity contribution is 7.89. The summed E-state index contributed by atoms with van der Waals surface area (Å²) in [6, 6.07) is 4.23. The van der Waals surface area contributed by atoms with Crippen LogP contribution in [0.4, 0.5) is 5.69 Å². The molecule has 0 aliphatic heterocycles. The molecule has 1 aromatic rings. The number of hydrogen-bond donors (Lipinski definition) is 2. The lowest BCUT2D eigenvalue weighted by Crippen LogP contribution is -2.36. The van der Waals surface area contributed by atoms with Crippen LogP contribution < -0.4 is 10.5 Å². The number of hydrogen-bond acceptors (Lipinski definition) is 3. The van der Waals surface area contributed by atoms with Gasteiger partial charge in [0.25, 0.3) is 0 Å². The van der Waals surface area contributed by atoms with Gasteiger partial charge < -0.3 is 5.73 Å². The molecule has 6 heteroatoms. The van der Waals surface area contributed by atoms with Crippen molar-refractivity contribution in [3.63, 3.8) is 0 Å². The maximum Gasteiger partial charge on any atom is 0.242 e. The Morgan fingerprint density at radius 1 is 1.29 bits per heavy atom. The van der Waals surface area contributed by atoms with Gasteiger partial charge in [-0.1, -0.05) is 25.4 Å². The van der Waals surface area contributed by atoms with Crippen molar-refractivity contribution in [1.29, 1.82) is 0 Å². The molecule has 0 aliphatic carbocycles. The first kappa shape index (κ1) is 14.3. The molecule has 0 aromatic heterocycles. The van der Waals surface area contributed by atoms with Gasteiger partial charge in [-0.25, -0.2) is 13.1 Å². The van der Waals surface area contributed by atoms with E-state index in [4.69, 9.17) is 17.3 Å². The molecule has 1 aromatic carbocycles. The van der Waals surface area contributed by atoms with E-state index < -0.39 is 10.0 Å². The van der Waals surface area contributed by atoms with E-state index >= 15 is 0 Å². The van der Waals surface area contributed by atoms with Gasteiger partial charge in [-0.2, -0.15) is 0 Å². The minimum absolute atomic E-state index is 0.0201. The first-order valence-corrected chi connectivity index (χ1v) is 7.17. The molecule has 4 nitrogen and oxygen atoms in total. The zero-order valence-corrected chi connectivity index (χ0v) is 11.6. The molecule has 3 N–H and O–H groups in total. The minimum atomic E-state index is -3.62. The van der Waals surface area contributed by atoms with Crippen molar-refractivity contribution in [3.8, 4) is 0 Å². The molecule has 0 amide bonds. The molecular formula is C11H17ClN2O2S. The number of anilines is 1. The summed E-state index contributed by atoms with van der Waals surface area (Å²) in [6.07, 6.45) is 0. The van der Waals surface area contributed by atoms with Crippen LogP contribution in [0.5, 0.6) is 0 Å². The van der Waals surface area contributed by atoms with Crippen LogP contribution in [0.1, 0.15) is 20.8 Å². The summed E-state index contributed by atoms with van der Waals surface area (Å²) in [5, 5.41) is 0.169. The molecule has 1 unspecified atom stereocenters. The highest BCUT2D eigenvalue weighted by Gasteiger charge is 2.21. The van der Waals surface area contributed by atoms with Crippen LogP contribution in [-0.4, -0.2) is 14.5 Å². The number of halogens is 1. The van der Waals surface area contributed by atoms with Crippen LogP contribution in [0, 0.1) is 5.92 Å². The maximum atomic E-state index is 12.1. The van der Waals surface area contributed by atoms with Gasteiger partial charge in [0.15, 0.2) is 0 Å². The summed E-state index contributed by atoms with van der Waals surface area (Å²) in [4.78, 5) is 0.0201. The van der Waals surface area contributed by atoms with Crippen molar-refractivity contribution >= 4 is 27.3 Å². The van der Waals surface area contributed by atoms with E-state index in [1.165, 1.54) is 12.1 Å². The Balaban J connectivity index is 3.09. The second kappa shape index (κ2) is 5.25. The average Bonchev–Trinajstić information content (AvgIpc) is 2.20. The summed E-state index contributed by atoms with van der Waals surface area (Å²) >= 11 is 5.87. The molecule has 1 rings (SSSR count). The number of rotatable bonds is 4. The summed E-state index contributed by atoms with van der Waals surface area (Å²) < 4.78 is 26.7. The third-order valence-electron chi connectivity index (χ3n) is 2.59. The fourth-order valence-corrected chi connectivity index (χ4v) is 3.10. The van der Waals surface area contributed by atoms with E-state index in [-0.39, 0.29) is 21.9 Å². The molecule has 0 saturated carbocycles. The topological polar surface area (TPSA) is 72.2 Å². The Morgan fingerprint density at radius 3 is 2.41 bits per heavy atom. The van der Waals surface area contributed by atoms with Gasteiger partial charge in [0.2, 0.25) is 10.0 Å². The summed E-state index contributed by atoms with van der Waals surface area (Å²) in [5.74, 6) is 0.199. The standard InChI is InChI=1S/C11H17ClN2O2S/c1-7(2)8(3)14-17(15,16)11-6-9(13)4-5-10(11)12/h4-8,14H,13H2,1-3H3. The van der Waals surface area contributed by atoms with Gasteiger partial charge in [-0.3, -0.25) is 0 Å². The number of nitrogens with two attached hydrogens (primary N) is 1. The predicted molar refractivity (Wildman–Crippen MR) is 70.5 cm³/mol. The van der Waals surface area contributed by atoms with E-state index in [1.54, 1.807) is 6.07 Å². The van der Waals surface area contributed by atoms with Crippen LogP contribution in [0.25, 0.3) is 0 Å². The molecule has 17 heavy (non-hydrogen) atoms. The van der Waals surface area contributed by atoms with Crippen LogP contribution >= 0.6 is 11.6 Å². The summed E-state index contributed by atoms with van der Waals surface area (Å²) in [6.45, 7) is 5.69. The predicted octanol–water partition coefficient (Wildman–Crippen LogP) is 2.25. The lowest BCUT2D eigenvalue weighted by atomic mass is 10.1. The summed E-state index contributed by atoms with van der Waals surface area (Å²) in [7, 11) is -3.62. The molecule has 0 heterocycles. The van der Waals surface area contributed by atoms with Crippen molar-refractivity contribution < 1.29 is 8.42 Å². The maximum absolute atomic E-state index is 12.1. The Hall–Kier alpha value is -0.780. The third kappa shape index (κ3) is 3.59. The van der Waals surface area contributed by atoms with E-state index in [9.17, 15) is 8.42 Å². The Morgan fingerprint density at radius 2 is 1.88 bits per heavy atom. The number of sulfonamides is 1. The van der Waals surface area contributed by atoms with E-state index in [2.05, 4.69) is 4.72 Å². The molecule has 0 fully saturated rings. The monoisotopic (exact) mass is 276 g/mol. The largest absolute Gasteiger partial charge is 0.399 e. The highest BCUT2D eigenvalue weighted by atomic mass is 35.5. The fourth-order valence-electron chi connectivity index (χ4n) is 1.17. The number of nitrogens with one attached hydrogen (secondary N) is 1. The van der Waals surface area contributed by atoms with E-state index in [0.29, 0.717) is 5.69 Å². The Kier molecular flexibility index (Phi) is 4.41. The second-order valence-corrected chi connectivity index (χ2v) is 6.43. The zero-order valence-electron chi connectivity index (χ0n) is 10.1. The number of benzene rings is 1. The Bertz CT molecular complexity index is 500. The van der Waals surface area contributed by atoms with Gasteiger partial charge in [0, 0.05) is 11.7 Å².